The van der Waals surface area contributed by atoms with Crippen LogP contribution in [0.3, 0.4) is 0 Å². The highest BCUT2D eigenvalue weighted by atomic mass is 16.5. The van der Waals surface area contributed by atoms with Crippen LogP contribution in [0.15, 0.2) is 33.5 Å². The molecule has 0 fully saturated rings. The van der Waals surface area contributed by atoms with Gasteiger partial charge in [0.05, 0.1) is 18.4 Å². The molecule has 2 aromatic rings. The zero-order valence-electron chi connectivity index (χ0n) is 13.2. The van der Waals surface area contributed by atoms with Crippen molar-refractivity contribution >= 4 is 28.8 Å². The summed E-state index contributed by atoms with van der Waals surface area (Å²) < 4.78 is 10.3. The lowest BCUT2D eigenvalue weighted by molar-refractivity contribution is -0.308. The number of ether oxygens (including phenoxy) is 1. The Morgan fingerprint density at radius 3 is 2.68 bits per heavy atom. The fraction of sp³-hybridized carbons (Fsp3) is 0.250. The number of rotatable bonds is 7. The molecule has 0 unspecified atom stereocenters. The van der Waals surface area contributed by atoms with Crippen molar-refractivity contribution in [3.63, 3.8) is 0 Å². The first kappa shape index (κ1) is 18.0. The van der Waals surface area contributed by atoms with E-state index in [1.807, 2.05) is 0 Å². The molecule has 0 saturated carbocycles. The van der Waals surface area contributed by atoms with Crippen LogP contribution < -0.4 is 26.5 Å². The van der Waals surface area contributed by atoms with E-state index in [0.717, 1.165) is 10.9 Å². The average Bonchev–Trinajstić information content (AvgIpc) is 2.51. The van der Waals surface area contributed by atoms with Crippen LogP contribution in [-0.2, 0) is 14.4 Å². The van der Waals surface area contributed by atoms with Crippen LogP contribution in [0.2, 0.25) is 0 Å². The lowest BCUT2D eigenvalue weighted by Crippen LogP contribution is -2.50. The number of hydrogen-bond donors (Lipinski definition) is 2. The minimum Gasteiger partial charge on any atom is -0.548 e. The lowest BCUT2D eigenvalue weighted by Gasteiger charge is -2.18. The van der Waals surface area contributed by atoms with Gasteiger partial charge in [0.2, 0.25) is 5.91 Å². The van der Waals surface area contributed by atoms with Crippen molar-refractivity contribution in [2.24, 2.45) is 5.73 Å². The fourth-order valence-electron chi connectivity index (χ4n) is 2.17. The molecular weight excluding hydrogens is 332 g/mol. The van der Waals surface area contributed by atoms with Crippen LogP contribution in [0.4, 0.5) is 0 Å². The van der Waals surface area contributed by atoms with Gasteiger partial charge < -0.3 is 30.1 Å². The van der Waals surface area contributed by atoms with Gasteiger partial charge in [-0.05, 0) is 24.6 Å². The number of hydrogen-bond acceptors (Lipinski definition) is 7. The Bertz CT molecular complexity index is 888. The Hall–Kier alpha value is -3.36. The number of amides is 2. The van der Waals surface area contributed by atoms with E-state index < -0.39 is 42.5 Å². The van der Waals surface area contributed by atoms with Crippen molar-refractivity contribution in [1.29, 1.82) is 0 Å². The van der Waals surface area contributed by atoms with Gasteiger partial charge in [0.1, 0.15) is 11.3 Å². The third kappa shape index (κ3) is 4.80. The molecule has 25 heavy (non-hydrogen) atoms. The van der Waals surface area contributed by atoms with Crippen molar-refractivity contribution in [3.8, 4) is 5.75 Å². The number of benzene rings is 1. The predicted octanol–water partition coefficient (Wildman–Crippen LogP) is -1.41. The van der Waals surface area contributed by atoms with Crippen LogP contribution in [0.1, 0.15) is 12.0 Å². The van der Waals surface area contributed by atoms with Gasteiger partial charge in [0, 0.05) is 17.5 Å². The summed E-state index contributed by atoms with van der Waals surface area (Å²) in [5.41, 5.74) is 5.42. The molecule has 0 spiro atoms. The lowest BCUT2D eigenvalue weighted by atomic mass is 10.1. The Morgan fingerprint density at radius 1 is 1.32 bits per heavy atom. The second-order valence-corrected chi connectivity index (χ2v) is 5.30. The molecule has 0 bridgehead atoms. The topological polar surface area (TPSA) is 152 Å². The van der Waals surface area contributed by atoms with Crippen molar-refractivity contribution in [2.75, 3.05) is 6.61 Å². The van der Waals surface area contributed by atoms with Gasteiger partial charge >= 0.3 is 5.63 Å². The molecule has 2 rings (SSSR count). The summed E-state index contributed by atoms with van der Waals surface area (Å²) in [6.07, 6.45) is -0.589. The maximum atomic E-state index is 11.7. The molecule has 9 nitrogen and oxygen atoms in total. The molecule has 9 heteroatoms. The summed E-state index contributed by atoms with van der Waals surface area (Å²) in [5, 5.41) is 13.6. The highest BCUT2D eigenvalue weighted by Gasteiger charge is 2.16. The zero-order chi connectivity index (χ0) is 18.6. The van der Waals surface area contributed by atoms with Crippen molar-refractivity contribution in [3.05, 3.63) is 40.2 Å². The van der Waals surface area contributed by atoms with E-state index in [4.69, 9.17) is 14.9 Å². The highest BCUT2D eigenvalue weighted by molar-refractivity contribution is 5.88. The molecule has 0 aliphatic rings. The number of nitrogens with one attached hydrogen (secondary N) is 1. The number of nitrogens with two attached hydrogens (primary N) is 1. The fourth-order valence-corrected chi connectivity index (χ4v) is 2.17. The maximum absolute atomic E-state index is 11.7. The molecular formula is C16H15N2O7-. The molecule has 1 aromatic carbocycles. The highest BCUT2D eigenvalue weighted by Crippen LogP contribution is 2.22. The van der Waals surface area contributed by atoms with Crippen LogP contribution in [0, 0.1) is 6.92 Å². The number of fused-ring (bicyclic) bond motifs is 1. The average molecular weight is 347 g/mol. The monoisotopic (exact) mass is 347 g/mol. The Labute approximate surface area is 141 Å². The number of carboxylic acids is 1. The summed E-state index contributed by atoms with van der Waals surface area (Å²) in [7, 11) is 0. The molecule has 0 aliphatic heterocycles. The largest absolute Gasteiger partial charge is 0.548 e. The molecule has 3 N–H and O–H groups in total. The number of carbonyl (C=O) groups excluding carboxylic acids is 3. The van der Waals surface area contributed by atoms with E-state index >= 15 is 0 Å². The summed E-state index contributed by atoms with van der Waals surface area (Å²) in [6.45, 7) is 1.25. The second kappa shape index (κ2) is 7.47. The third-order valence-electron chi connectivity index (χ3n) is 3.32. The first-order valence-electron chi connectivity index (χ1n) is 7.22. The normalized spacial score (nSPS) is 11.7. The van der Waals surface area contributed by atoms with Gasteiger partial charge in [0.15, 0.2) is 6.61 Å². The molecule has 1 aromatic heterocycles. The molecule has 0 radical (unpaired) electrons. The van der Waals surface area contributed by atoms with Crippen molar-refractivity contribution < 1.29 is 28.6 Å². The standard InChI is InChI=1S/C16H16N2O7/c1-8-4-15(21)25-12-5-9(2-3-10(8)12)24-7-14(20)18-11(16(22)23)6-13(17)19/h2-5,11H,6-7H2,1H3,(H2,17,19)(H,18,20)(H,22,23)/p-1/t11-/m0/s1. The van der Waals surface area contributed by atoms with Crippen molar-refractivity contribution in [1.82, 2.24) is 5.32 Å². The molecule has 2 amide bonds. The predicted molar refractivity (Wildman–Crippen MR) is 83.5 cm³/mol. The van der Waals surface area contributed by atoms with Gasteiger partial charge in [-0.1, -0.05) is 0 Å². The summed E-state index contributed by atoms with van der Waals surface area (Å²) in [5.74, 6) is -3.05. The Balaban J connectivity index is 2.04. The van der Waals surface area contributed by atoms with E-state index in [2.05, 4.69) is 5.32 Å². The SMILES string of the molecule is Cc1cc(=O)oc2cc(OCC(=O)N[C@@H](CC(N)=O)C(=O)[O-])ccc12. The van der Waals surface area contributed by atoms with Crippen LogP contribution >= 0.6 is 0 Å². The zero-order valence-corrected chi connectivity index (χ0v) is 13.2. The van der Waals surface area contributed by atoms with E-state index in [9.17, 15) is 24.3 Å². The van der Waals surface area contributed by atoms with E-state index in [1.54, 1.807) is 19.1 Å². The first-order valence-corrected chi connectivity index (χ1v) is 7.22. The Kier molecular flexibility index (Phi) is 5.38. The third-order valence-corrected chi connectivity index (χ3v) is 3.32. The smallest absolute Gasteiger partial charge is 0.336 e. The van der Waals surface area contributed by atoms with Gasteiger partial charge in [-0.3, -0.25) is 9.59 Å². The first-order chi connectivity index (χ1) is 11.8. The molecule has 0 saturated heterocycles. The van der Waals surface area contributed by atoms with Crippen LogP contribution in [-0.4, -0.2) is 30.4 Å². The van der Waals surface area contributed by atoms with Gasteiger partial charge in [-0.2, -0.15) is 0 Å². The van der Waals surface area contributed by atoms with Gasteiger partial charge in [0.25, 0.3) is 5.91 Å². The molecule has 132 valence electrons. The van der Waals surface area contributed by atoms with Crippen LogP contribution in [0.5, 0.6) is 5.75 Å². The number of aliphatic carboxylic acids is 1. The van der Waals surface area contributed by atoms with Gasteiger partial charge in [-0.15, -0.1) is 0 Å². The minimum absolute atomic E-state index is 0.247. The summed E-state index contributed by atoms with van der Waals surface area (Å²) >= 11 is 0. The van der Waals surface area contributed by atoms with E-state index in [0.29, 0.717) is 5.58 Å². The minimum atomic E-state index is -1.63. The molecule has 1 atom stereocenters. The van der Waals surface area contributed by atoms with E-state index in [1.165, 1.54) is 12.1 Å². The van der Waals surface area contributed by atoms with E-state index in [-0.39, 0.29) is 5.75 Å². The van der Waals surface area contributed by atoms with Crippen molar-refractivity contribution in [2.45, 2.75) is 19.4 Å². The molecule has 0 aliphatic carbocycles. The number of carboxylic acid groups (broad SMARTS) is 1. The summed E-state index contributed by atoms with van der Waals surface area (Å²) in [6, 6.07) is 4.50. The molecule has 1 heterocycles. The van der Waals surface area contributed by atoms with Crippen LogP contribution in [0.25, 0.3) is 11.0 Å². The Morgan fingerprint density at radius 2 is 2.04 bits per heavy atom. The number of carbonyl (C=O) groups is 3. The maximum Gasteiger partial charge on any atom is 0.336 e. The number of aryl methyl sites for hydroxylation is 1. The quantitative estimate of drug-likeness (QED) is 0.584. The second-order valence-electron chi connectivity index (χ2n) is 5.30. The summed E-state index contributed by atoms with van der Waals surface area (Å²) in [4.78, 5) is 44.7. The number of primary amides is 1. The van der Waals surface area contributed by atoms with Gasteiger partial charge in [-0.25, -0.2) is 4.79 Å².